The number of ketones is 1. The van der Waals surface area contributed by atoms with Gasteiger partial charge in [-0.1, -0.05) is 41.7 Å². The van der Waals surface area contributed by atoms with E-state index in [1.54, 1.807) is 12.1 Å². The Labute approximate surface area is 206 Å². The third kappa shape index (κ3) is 4.65. The van der Waals surface area contributed by atoms with Crippen molar-refractivity contribution >= 4 is 58.3 Å². The first-order chi connectivity index (χ1) is 15.7. The van der Waals surface area contributed by atoms with Gasteiger partial charge in [0.1, 0.15) is 6.54 Å². The van der Waals surface area contributed by atoms with Crippen LogP contribution in [0.4, 0.5) is 0 Å². The summed E-state index contributed by atoms with van der Waals surface area (Å²) in [4.78, 5) is 53.1. The van der Waals surface area contributed by atoms with Crippen LogP contribution in [0.3, 0.4) is 0 Å². The molecule has 1 aliphatic heterocycles. The summed E-state index contributed by atoms with van der Waals surface area (Å²) >= 11 is 18.1. The Hall–Kier alpha value is -2.41. The van der Waals surface area contributed by atoms with Crippen LogP contribution in [0, 0.1) is 17.8 Å². The Bertz CT molecular complexity index is 1140. The average molecular weight is 508 g/mol. The van der Waals surface area contributed by atoms with Gasteiger partial charge in [0.25, 0.3) is 17.7 Å². The Morgan fingerprint density at radius 2 is 1.58 bits per heavy atom. The van der Waals surface area contributed by atoms with E-state index in [0.717, 1.165) is 16.4 Å². The summed E-state index contributed by atoms with van der Waals surface area (Å²) < 4.78 is 0. The number of amides is 3. The minimum Gasteiger partial charge on any atom is -0.292 e. The lowest BCUT2D eigenvalue weighted by molar-refractivity contribution is -0.154. The molecule has 0 radical (unpaired) electrons. The topological polar surface area (TPSA) is 74.8 Å². The summed E-state index contributed by atoms with van der Waals surface area (Å²) in [5.74, 6) is -2.79. The van der Waals surface area contributed by atoms with Gasteiger partial charge in [-0.2, -0.15) is 5.01 Å². The summed E-state index contributed by atoms with van der Waals surface area (Å²) in [7, 11) is 0. The molecule has 0 N–H and O–H groups in total. The van der Waals surface area contributed by atoms with E-state index < -0.39 is 41.9 Å². The number of carbonyl (C=O) groups excluding carboxylic acids is 4. The smallest absolute Gasteiger partial charge is 0.274 e. The number of hydrogen-bond donors (Lipinski definition) is 0. The van der Waals surface area contributed by atoms with Crippen LogP contribution in [0.5, 0.6) is 0 Å². The van der Waals surface area contributed by atoms with E-state index in [9.17, 15) is 19.2 Å². The number of carbonyl (C=O) groups is 4. The van der Waals surface area contributed by atoms with Crippen LogP contribution in [-0.4, -0.2) is 40.1 Å². The SMILES string of the molecule is C[C@@H]1CC[C@@H]2C(=O)N(N(CC(=O)c3ccc(Cl)cc3)C(=O)c3ccc(Cl)cc3Cl)C(=O)[C@@H]2C1. The molecule has 2 aromatic carbocycles. The highest BCUT2D eigenvalue weighted by Crippen LogP contribution is 2.41. The summed E-state index contributed by atoms with van der Waals surface area (Å²) in [5.41, 5.74) is 0.332. The van der Waals surface area contributed by atoms with Crippen LogP contribution in [0.15, 0.2) is 42.5 Å². The zero-order valence-corrected chi connectivity index (χ0v) is 20.0. The maximum absolute atomic E-state index is 13.5. The van der Waals surface area contributed by atoms with Crippen molar-refractivity contribution in [2.45, 2.75) is 26.2 Å². The predicted molar refractivity (Wildman–Crippen MR) is 125 cm³/mol. The number of nitrogens with zero attached hydrogens (tertiary/aromatic N) is 2. The molecule has 3 atom stereocenters. The highest BCUT2D eigenvalue weighted by Gasteiger charge is 2.53. The molecule has 1 saturated heterocycles. The van der Waals surface area contributed by atoms with Crippen molar-refractivity contribution in [2.24, 2.45) is 17.8 Å². The molecule has 1 heterocycles. The number of halogens is 3. The molecule has 6 nitrogen and oxygen atoms in total. The van der Waals surface area contributed by atoms with Gasteiger partial charge in [0.15, 0.2) is 5.78 Å². The highest BCUT2D eigenvalue weighted by molar-refractivity contribution is 6.36. The van der Waals surface area contributed by atoms with Gasteiger partial charge in [-0.05, 0) is 67.6 Å². The Morgan fingerprint density at radius 3 is 2.24 bits per heavy atom. The molecule has 1 saturated carbocycles. The van der Waals surface area contributed by atoms with Crippen LogP contribution in [0.1, 0.15) is 46.9 Å². The number of rotatable bonds is 5. The van der Waals surface area contributed by atoms with Gasteiger partial charge in [-0.3, -0.25) is 19.2 Å². The maximum Gasteiger partial charge on any atom is 0.274 e. The van der Waals surface area contributed by atoms with Crippen molar-refractivity contribution in [2.75, 3.05) is 6.54 Å². The van der Waals surface area contributed by atoms with Gasteiger partial charge in [-0.25, -0.2) is 5.01 Å². The molecule has 9 heteroatoms. The van der Waals surface area contributed by atoms with Crippen molar-refractivity contribution in [3.05, 3.63) is 68.7 Å². The van der Waals surface area contributed by atoms with Crippen LogP contribution >= 0.6 is 34.8 Å². The molecule has 4 rings (SSSR count). The molecule has 2 aliphatic rings. The molecule has 2 aromatic rings. The fourth-order valence-electron chi connectivity index (χ4n) is 4.51. The lowest BCUT2D eigenvalue weighted by atomic mass is 9.76. The highest BCUT2D eigenvalue weighted by atomic mass is 35.5. The molecule has 0 unspecified atom stereocenters. The second-order valence-electron chi connectivity index (χ2n) is 8.54. The second kappa shape index (κ2) is 9.45. The molecule has 172 valence electrons. The molecule has 33 heavy (non-hydrogen) atoms. The molecule has 0 spiro atoms. The van der Waals surface area contributed by atoms with Crippen LogP contribution in [-0.2, 0) is 9.59 Å². The summed E-state index contributed by atoms with van der Waals surface area (Å²) in [5, 5.41) is 2.61. The first-order valence-corrected chi connectivity index (χ1v) is 11.7. The average Bonchev–Trinajstić information content (AvgIpc) is 3.01. The maximum atomic E-state index is 13.5. The lowest BCUT2D eigenvalue weighted by Gasteiger charge is -2.30. The minimum atomic E-state index is -0.729. The summed E-state index contributed by atoms with van der Waals surface area (Å²) in [6.07, 6.45) is 1.97. The van der Waals surface area contributed by atoms with Gasteiger partial charge in [0.2, 0.25) is 0 Å². The van der Waals surface area contributed by atoms with E-state index in [1.807, 2.05) is 6.92 Å². The number of hydrogen-bond acceptors (Lipinski definition) is 4. The van der Waals surface area contributed by atoms with E-state index in [0.29, 0.717) is 34.4 Å². The Balaban J connectivity index is 1.71. The minimum absolute atomic E-state index is 0.0359. The third-order valence-corrected chi connectivity index (χ3v) is 7.06. The van der Waals surface area contributed by atoms with Crippen molar-refractivity contribution in [3.8, 4) is 0 Å². The Morgan fingerprint density at radius 1 is 0.939 bits per heavy atom. The van der Waals surface area contributed by atoms with Crippen LogP contribution < -0.4 is 0 Å². The quantitative estimate of drug-likeness (QED) is 0.406. The van der Waals surface area contributed by atoms with Crippen molar-refractivity contribution in [3.63, 3.8) is 0 Å². The summed E-state index contributed by atoms with van der Waals surface area (Å²) in [6, 6.07) is 10.4. The summed E-state index contributed by atoms with van der Waals surface area (Å²) in [6.45, 7) is 1.53. The van der Waals surface area contributed by atoms with Gasteiger partial charge >= 0.3 is 0 Å². The second-order valence-corrected chi connectivity index (χ2v) is 9.82. The molecular formula is C24H21Cl3N2O4. The lowest BCUT2D eigenvalue weighted by Crippen LogP contribution is -2.52. The van der Waals surface area contributed by atoms with Crippen LogP contribution in [0.2, 0.25) is 15.1 Å². The third-order valence-electron chi connectivity index (χ3n) is 6.26. The van der Waals surface area contributed by atoms with Gasteiger partial charge in [-0.15, -0.1) is 0 Å². The van der Waals surface area contributed by atoms with Crippen LogP contribution in [0.25, 0.3) is 0 Å². The Kier molecular flexibility index (Phi) is 6.80. The number of benzene rings is 2. The molecular weight excluding hydrogens is 487 g/mol. The van der Waals surface area contributed by atoms with Gasteiger partial charge in [0.05, 0.1) is 22.4 Å². The van der Waals surface area contributed by atoms with E-state index in [4.69, 9.17) is 34.8 Å². The van der Waals surface area contributed by atoms with E-state index >= 15 is 0 Å². The number of Topliss-reactive ketones (excluding diaryl/α,β-unsaturated/α-hetero) is 1. The van der Waals surface area contributed by atoms with Crippen molar-refractivity contribution < 1.29 is 19.2 Å². The van der Waals surface area contributed by atoms with Gasteiger partial charge < -0.3 is 0 Å². The van der Waals surface area contributed by atoms with E-state index in [1.165, 1.54) is 30.3 Å². The normalized spacial score (nSPS) is 22.3. The molecule has 1 aliphatic carbocycles. The van der Waals surface area contributed by atoms with Gasteiger partial charge in [0, 0.05) is 15.6 Å². The number of fused-ring (bicyclic) bond motifs is 1. The molecule has 0 bridgehead atoms. The molecule has 0 aromatic heterocycles. The fraction of sp³-hybridized carbons (Fsp3) is 0.333. The molecule has 2 fully saturated rings. The zero-order valence-electron chi connectivity index (χ0n) is 17.8. The van der Waals surface area contributed by atoms with Crippen molar-refractivity contribution in [1.29, 1.82) is 0 Å². The molecule has 3 amide bonds. The monoisotopic (exact) mass is 506 g/mol. The number of imide groups is 1. The predicted octanol–water partition coefficient (Wildman–Crippen LogP) is 5.31. The first kappa shape index (κ1) is 23.7. The van der Waals surface area contributed by atoms with E-state index in [-0.39, 0.29) is 10.6 Å². The number of hydrazine groups is 1. The fourth-order valence-corrected chi connectivity index (χ4v) is 5.12. The van der Waals surface area contributed by atoms with E-state index in [2.05, 4.69) is 0 Å². The van der Waals surface area contributed by atoms with Crippen molar-refractivity contribution in [1.82, 2.24) is 10.0 Å². The first-order valence-electron chi connectivity index (χ1n) is 10.6. The zero-order chi connectivity index (χ0) is 23.9. The standard InChI is InChI=1S/C24H21Cl3N2O4/c1-13-2-8-17-19(10-13)24(33)29(23(17)32)28(12-21(30)14-3-5-15(25)6-4-14)22(31)18-9-7-16(26)11-20(18)27/h3-7,9,11,13,17,19H,2,8,10,12H2,1H3/t13-,17+,19-/m1/s1. The largest absolute Gasteiger partial charge is 0.292 e.